The van der Waals surface area contributed by atoms with Crippen molar-refractivity contribution in [2.24, 2.45) is 5.92 Å². The van der Waals surface area contributed by atoms with Crippen LogP contribution in [0, 0.1) is 12.8 Å². The summed E-state index contributed by atoms with van der Waals surface area (Å²) in [6.45, 7) is 3.53. The van der Waals surface area contributed by atoms with Gasteiger partial charge < -0.3 is 10.2 Å². The largest absolute Gasteiger partial charge is 0.349 e. The third-order valence-electron chi connectivity index (χ3n) is 6.32. The Morgan fingerprint density at radius 1 is 1.23 bits per heavy atom. The molecule has 1 aromatic carbocycles. The Morgan fingerprint density at radius 2 is 1.94 bits per heavy atom. The monoisotopic (exact) mass is 463 g/mol. The molecule has 0 saturated heterocycles. The van der Waals surface area contributed by atoms with Crippen LogP contribution in [-0.2, 0) is 10.5 Å². The minimum Gasteiger partial charge on any atom is -0.349 e. The van der Waals surface area contributed by atoms with Crippen LogP contribution in [0.25, 0.3) is 0 Å². The number of hydrogen-bond acceptors (Lipinski definition) is 3. The van der Waals surface area contributed by atoms with E-state index in [2.05, 4.69) is 10.3 Å². The fourth-order valence-corrected chi connectivity index (χ4v) is 4.86. The average Bonchev–Trinajstić information content (AvgIpc) is 2.91. The van der Waals surface area contributed by atoms with Gasteiger partial charge in [-0.2, -0.15) is 0 Å². The van der Waals surface area contributed by atoms with Crippen LogP contribution >= 0.6 is 23.2 Å². The maximum Gasteiger partial charge on any atom is 0.269 e. The smallest absolute Gasteiger partial charge is 0.269 e. The molecule has 1 aliphatic carbocycles. The lowest BCUT2D eigenvalue weighted by molar-refractivity contribution is -0.128. The van der Waals surface area contributed by atoms with E-state index in [1.807, 2.05) is 0 Å². The Kier molecular flexibility index (Phi) is 5.97. The summed E-state index contributed by atoms with van der Waals surface area (Å²) in [5.74, 6) is -0.487. The van der Waals surface area contributed by atoms with Crippen molar-refractivity contribution in [1.29, 1.82) is 0 Å². The van der Waals surface area contributed by atoms with Gasteiger partial charge in [-0.1, -0.05) is 29.3 Å². The van der Waals surface area contributed by atoms with E-state index in [0.29, 0.717) is 39.1 Å². The first-order valence-corrected chi connectivity index (χ1v) is 11.2. The number of anilines is 1. The highest BCUT2D eigenvalue weighted by molar-refractivity contribution is 6.31. The number of nitrogens with zero attached hydrogens (tertiary/aromatic N) is 2. The number of carbonyl (C=O) groups is 2. The number of nitrogens with one attached hydrogen (secondary N) is 1. The lowest BCUT2D eigenvalue weighted by Crippen LogP contribution is -2.42. The zero-order valence-corrected chi connectivity index (χ0v) is 18.9. The van der Waals surface area contributed by atoms with Gasteiger partial charge in [0.2, 0.25) is 5.67 Å². The van der Waals surface area contributed by atoms with Gasteiger partial charge in [0.05, 0.1) is 22.0 Å². The second kappa shape index (κ2) is 8.40. The summed E-state index contributed by atoms with van der Waals surface area (Å²) in [4.78, 5) is 31.0. The predicted molar refractivity (Wildman–Crippen MR) is 119 cm³/mol. The van der Waals surface area contributed by atoms with Gasteiger partial charge in [0.25, 0.3) is 11.8 Å². The molecule has 2 aromatic rings. The van der Waals surface area contributed by atoms with E-state index in [0.717, 1.165) is 25.7 Å². The average molecular weight is 464 g/mol. The number of alkyl halides is 1. The minimum absolute atomic E-state index is 0.0459. The summed E-state index contributed by atoms with van der Waals surface area (Å²) >= 11 is 12.1. The van der Waals surface area contributed by atoms with E-state index in [1.54, 1.807) is 31.2 Å². The van der Waals surface area contributed by atoms with Gasteiger partial charge in [0, 0.05) is 29.4 Å². The second-order valence-electron chi connectivity index (χ2n) is 8.56. The first-order valence-electron chi connectivity index (χ1n) is 10.4. The number of fused-ring (bicyclic) bond motifs is 1. The molecule has 0 bridgehead atoms. The predicted octanol–water partition coefficient (Wildman–Crippen LogP) is 5.22. The van der Waals surface area contributed by atoms with Crippen LogP contribution in [0.3, 0.4) is 0 Å². The van der Waals surface area contributed by atoms with E-state index < -0.39 is 11.6 Å². The molecule has 1 saturated carbocycles. The number of aryl methyl sites for hydroxylation is 1. The lowest BCUT2D eigenvalue weighted by Gasteiger charge is -2.32. The first-order chi connectivity index (χ1) is 14.7. The summed E-state index contributed by atoms with van der Waals surface area (Å²) in [6, 6.07) is 6.53. The van der Waals surface area contributed by atoms with Crippen LogP contribution in [-0.4, -0.2) is 29.4 Å². The van der Waals surface area contributed by atoms with Crippen LogP contribution in [0.1, 0.15) is 54.2 Å². The van der Waals surface area contributed by atoms with Gasteiger partial charge in [0.1, 0.15) is 0 Å². The molecule has 0 radical (unpaired) electrons. The third-order valence-corrected chi connectivity index (χ3v) is 6.77. The molecule has 164 valence electrons. The molecule has 0 spiro atoms. The maximum absolute atomic E-state index is 15.1. The fourth-order valence-electron chi connectivity index (χ4n) is 4.53. The Morgan fingerprint density at radius 3 is 2.65 bits per heavy atom. The van der Waals surface area contributed by atoms with Crippen LogP contribution in [0.15, 0.2) is 30.5 Å². The van der Waals surface area contributed by atoms with Crippen molar-refractivity contribution in [1.82, 2.24) is 10.3 Å². The molecule has 2 amide bonds. The molecule has 8 heteroatoms. The van der Waals surface area contributed by atoms with Crippen molar-refractivity contribution in [3.63, 3.8) is 0 Å². The van der Waals surface area contributed by atoms with Gasteiger partial charge in [-0.05, 0) is 63.6 Å². The molecule has 4 rings (SSSR count). The van der Waals surface area contributed by atoms with Crippen LogP contribution in [0.4, 0.5) is 10.1 Å². The van der Waals surface area contributed by atoms with Gasteiger partial charge in [-0.15, -0.1) is 0 Å². The normalized spacial score (nSPS) is 25.5. The summed E-state index contributed by atoms with van der Waals surface area (Å²) in [5, 5.41) is 3.97. The van der Waals surface area contributed by atoms with Crippen LogP contribution in [0.5, 0.6) is 0 Å². The minimum atomic E-state index is -2.03. The van der Waals surface area contributed by atoms with Crippen molar-refractivity contribution in [2.45, 2.75) is 51.2 Å². The molecule has 1 fully saturated rings. The number of halogens is 3. The van der Waals surface area contributed by atoms with Crippen LogP contribution in [0.2, 0.25) is 10.0 Å². The van der Waals surface area contributed by atoms with Crippen molar-refractivity contribution in [3.05, 3.63) is 57.3 Å². The van der Waals surface area contributed by atoms with Gasteiger partial charge in [-0.3, -0.25) is 14.6 Å². The van der Waals surface area contributed by atoms with E-state index in [1.165, 1.54) is 18.0 Å². The van der Waals surface area contributed by atoms with E-state index in [9.17, 15) is 9.59 Å². The van der Waals surface area contributed by atoms with E-state index in [4.69, 9.17) is 23.2 Å². The SMILES string of the molecule is Cc1ncc(Cl)cc1C(=O)N[C@H]1CC[C@H](CN2C(=O)[C@](C)(F)c3ccc(Cl)cc32)CC1. The van der Waals surface area contributed by atoms with E-state index >= 15 is 4.39 Å². The molecular weight excluding hydrogens is 440 g/mol. The van der Waals surface area contributed by atoms with Crippen LogP contribution < -0.4 is 10.2 Å². The Balaban J connectivity index is 1.38. The molecule has 1 aliphatic heterocycles. The quantitative estimate of drug-likeness (QED) is 0.675. The Labute approximate surface area is 190 Å². The molecule has 2 aliphatic rings. The van der Waals surface area contributed by atoms with Gasteiger partial charge in [0.15, 0.2) is 0 Å². The number of aromatic nitrogens is 1. The molecule has 5 nitrogen and oxygen atoms in total. The summed E-state index contributed by atoms with van der Waals surface area (Å²) < 4.78 is 15.1. The highest BCUT2D eigenvalue weighted by atomic mass is 35.5. The molecule has 2 heterocycles. The number of pyridine rings is 1. The third kappa shape index (κ3) is 4.28. The molecule has 1 N–H and O–H groups in total. The molecule has 1 aromatic heterocycles. The van der Waals surface area contributed by atoms with Crippen molar-refractivity contribution >= 4 is 40.7 Å². The van der Waals surface area contributed by atoms with Gasteiger partial charge in [-0.25, -0.2) is 4.39 Å². The number of hydrogen-bond donors (Lipinski definition) is 1. The Bertz CT molecular complexity index is 1040. The lowest BCUT2D eigenvalue weighted by atomic mass is 9.85. The highest BCUT2D eigenvalue weighted by Gasteiger charge is 2.48. The summed E-state index contributed by atoms with van der Waals surface area (Å²) in [5.41, 5.74) is 0.00598. The van der Waals surface area contributed by atoms with Crippen molar-refractivity contribution in [3.8, 4) is 0 Å². The zero-order chi connectivity index (χ0) is 22.3. The fraction of sp³-hybridized carbons (Fsp3) is 0.435. The topological polar surface area (TPSA) is 62.3 Å². The molecule has 31 heavy (non-hydrogen) atoms. The van der Waals surface area contributed by atoms with E-state index in [-0.39, 0.29) is 17.9 Å². The molecule has 1 atom stereocenters. The standard InChI is InChI=1S/C23H24Cl2FN3O2/c1-13-18(9-16(25)11-27-13)21(30)28-17-6-3-14(4-7-17)12-29-20-10-15(24)5-8-19(20)23(2,26)22(29)31/h5,8-11,14,17H,3-4,6-7,12H2,1-2H3,(H,28,30)/t14-,17-,23-/m1/s1. The van der Waals surface area contributed by atoms with Crippen molar-refractivity contribution < 1.29 is 14.0 Å². The maximum atomic E-state index is 15.1. The highest BCUT2D eigenvalue weighted by Crippen LogP contribution is 2.44. The summed E-state index contributed by atoms with van der Waals surface area (Å²) in [7, 11) is 0. The number of rotatable bonds is 4. The number of amides is 2. The number of benzene rings is 1. The zero-order valence-electron chi connectivity index (χ0n) is 17.4. The first kappa shape index (κ1) is 22.0. The molecular formula is C23H24Cl2FN3O2. The second-order valence-corrected chi connectivity index (χ2v) is 9.43. The Hall–Kier alpha value is -2.18. The molecule has 0 unspecified atom stereocenters. The number of carbonyl (C=O) groups excluding carboxylic acids is 2. The van der Waals surface area contributed by atoms with Crippen molar-refractivity contribution in [2.75, 3.05) is 11.4 Å². The van der Waals surface area contributed by atoms with Gasteiger partial charge >= 0.3 is 0 Å². The summed E-state index contributed by atoms with van der Waals surface area (Å²) in [6.07, 6.45) is 4.77.